The Morgan fingerprint density at radius 1 is 1.07 bits per heavy atom. The second kappa shape index (κ2) is 8.90. The fraction of sp³-hybridized carbons (Fsp3) is 0.348. The second-order valence-electron chi connectivity index (χ2n) is 7.59. The summed E-state index contributed by atoms with van der Waals surface area (Å²) in [7, 11) is 1.32. The Labute approximate surface area is 170 Å². The molecule has 1 heterocycles. The lowest BCUT2D eigenvalue weighted by Gasteiger charge is -2.30. The highest BCUT2D eigenvalue weighted by Gasteiger charge is 2.24. The van der Waals surface area contributed by atoms with Gasteiger partial charge >= 0.3 is 5.97 Å². The quantitative estimate of drug-likeness (QED) is 0.750. The van der Waals surface area contributed by atoms with Crippen LogP contribution >= 0.6 is 0 Å². The molecule has 0 saturated carbocycles. The summed E-state index contributed by atoms with van der Waals surface area (Å²) in [5, 5.41) is 2.89. The Morgan fingerprint density at radius 3 is 2.41 bits per heavy atom. The van der Waals surface area contributed by atoms with Gasteiger partial charge in [-0.25, -0.2) is 4.79 Å². The molecule has 2 aromatic carbocycles. The van der Waals surface area contributed by atoms with E-state index in [0.29, 0.717) is 42.1 Å². The van der Waals surface area contributed by atoms with Crippen molar-refractivity contribution in [3.05, 3.63) is 59.2 Å². The van der Waals surface area contributed by atoms with Crippen molar-refractivity contribution in [2.45, 2.75) is 33.1 Å². The molecule has 0 bridgehead atoms. The van der Waals surface area contributed by atoms with E-state index in [4.69, 9.17) is 0 Å². The number of ether oxygens (including phenoxy) is 1. The molecule has 2 aromatic rings. The third-order valence-corrected chi connectivity index (χ3v) is 5.04. The number of carbonyl (C=O) groups is 3. The number of benzene rings is 2. The van der Waals surface area contributed by atoms with Gasteiger partial charge in [0.25, 0.3) is 5.91 Å². The number of methoxy groups -OCH3 is 1. The highest BCUT2D eigenvalue weighted by atomic mass is 16.5. The van der Waals surface area contributed by atoms with E-state index in [1.165, 1.54) is 7.11 Å². The van der Waals surface area contributed by atoms with Crippen molar-refractivity contribution >= 4 is 29.2 Å². The first-order valence-corrected chi connectivity index (χ1v) is 9.82. The third kappa shape index (κ3) is 4.83. The fourth-order valence-corrected chi connectivity index (χ4v) is 3.35. The van der Waals surface area contributed by atoms with Crippen LogP contribution in [0, 0.1) is 5.92 Å². The van der Waals surface area contributed by atoms with Crippen LogP contribution in [-0.4, -0.2) is 31.4 Å². The van der Waals surface area contributed by atoms with Gasteiger partial charge in [-0.2, -0.15) is 0 Å². The van der Waals surface area contributed by atoms with Crippen LogP contribution in [-0.2, 0) is 16.0 Å². The lowest BCUT2D eigenvalue weighted by Crippen LogP contribution is -2.36. The van der Waals surface area contributed by atoms with Crippen molar-refractivity contribution in [2.75, 3.05) is 23.9 Å². The fourth-order valence-electron chi connectivity index (χ4n) is 3.35. The Morgan fingerprint density at radius 2 is 1.76 bits per heavy atom. The zero-order chi connectivity index (χ0) is 21.0. The molecule has 0 aromatic heterocycles. The Bertz CT molecular complexity index is 919. The molecule has 1 N–H and O–H groups in total. The molecule has 1 aliphatic rings. The highest BCUT2D eigenvalue weighted by Crippen LogP contribution is 2.31. The molecule has 3 rings (SSSR count). The predicted octanol–water partition coefficient (Wildman–Crippen LogP) is 4.05. The number of nitrogens with zero attached hydrogens (tertiary/aromatic N) is 1. The van der Waals surface area contributed by atoms with Crippen LogP contribution < -0.4 is 10.2 Å². The number of esters is 1. The molecule has 0 fully saturated rings. The molecule has 0 spiro atoms. The van der Waals surface area contributed by atoms with E-state index in [2.05, 4.69) is 23.9 Å². The van der Waals surface area contributed by atoms with Crippen molar-refractivity contribution in [3.63, 3.8) is 0 Å². The zero-order valence-electron chi connectivity index (χ0n) is 17.0. The van der Waals surface area contributed by atoms with Gasteiger partial charge in [-0.1, -0.05) is 13.8 Å². The standard InChI is InChI=1S/C23H26N2O4/c1-15(2)12-13-25-20-10-9-19(14-18(20)8-11-21(25)26)24-22(27)16-4-6-17(7-5-16)23(28)29-3/h4-7,9-10,14-15H,8,11-13H2,1-3H3,(H,24,27). The lowest BCUT2D eigenvalue weighted by atomic mass is 9.99. The molecule has 2 amide bonds. The van der Waals surface area contributed by atoms with Crippen LogP contribution in [0.1, 0.15) is 53.0 Å². The number of hydrogen-bond acceptors (Lipinski definition) is 4. The zero-order valence-corrected chi connectivity index (χ0v) is 17.0. The summed E-state index contributed by atoms with van der Waals surface area (Å²) < 4.78 is 4.66. The van der Waals surface area contributed by atoms with Crippen LogP contribution in [0.15, 0.2) is 42.5 Å². The van der Waals surface area contributed by atoms with Gasteiger partial charge in [0.1, 0.15) is 0 Å². The molecule has 0 aliphatic carbocycles. The van der Waals surface area contributed by atoms with E-state index in [-0.39, 0.29) is 11.8 Å². The number of rotatable bonds is 6. The topological polar surface area (TPSA) is 75.7 Å². The van der Waals surface area contributed by atoms with Crippen molar-refractivity contribution < 1.29 is 19.1 Å². The van der Waals surface area contributed by atoms with E-state index >= 15 is 0 Å². The maximum atomic E-state index is 12.5. The largest absolute Gasteiger partial charge is 0.465 e. The van der Waals surface area contributed by atoms with Gasteiger partial charge in [0.05, 0.1) is 12.7 Å². The van der Waals surface area contributed by atoms with Crippen molar-refractivity contribution in [2.24, 2.45) is 5.92 Å². The lowest BCUT2D eigenvalue weighted by molar-refractivity contribution is -0.118. The van der Waals surface area contributed by atoms with Gasteiger partial charge in [-0.05, 0) is 66.8 Å². The molecule has 29 heavy (non-hydrogen) atoms. The van der Waals surface area contributed by atoms with Crippen LogP contribution in [0.4, 0.5) is 11.4 Å². The smallest absolute Gasteiger partial charge is 0.337 e. The monoisotopic (exact) mass is 394 g/mol. The van der Waals surface area contributed by atoms with Gasteiger partial charge in [0.2, 0.25) is 5.91 Å². The Hall–Kier alpha value is -3.15. The third-order valence-electron chi connectivity index (χ3n) is 5.04. The van der Waals surface area contributed by atoms with Crippen molar-refractivity contribution in [1.29, 1.82) is 0 Å². The van der Waals surface area contributed by atoms with Gasteiger partial charge in [-0.3, -0.25) is 9.59 Å². The SMILES string of the molecule is COC(=O)c1ccc(C(=O)Nc2ccc3c(c2)CCC(=O)N3CCC(C)C)cc1. The summed E-state index contributed by atoms with van der Waals surface area (Å²) in [5.41, 5.74) is 3.52. The molecule has 0 radical (unpaired) electrons. The van der Waals surface area contributed by atoms with Gasteiger partial charge in [0, 0.05) is 29.9 Å². The van der Waals surface area contributed by atoms with Crippen molar-refractivity contribution in [1.82, 2.24) is 0 Å². The minimum Gasteiger partial charge on any atom is -0.465 e. The number of carbonyl (C=O) groups excluding carboxylic acids is 3. The number of nitrogens with one attached hydrogen (secondary N) is 1. The van der Waals surface area contributed by atoms with Crippen LogP contribution in [0.5, 0.6) is 0 Å². The number of fused-ring (bicyclic) bond motifs is 1. The molecule has 6 nitrogen and oxygen atoms in total. The second-order valence-corrected chi connectivity index (χ2v) is 7.59. The van der Waals surface area contributed by atoms with Gasteiger partial charge in [-0.15, -0.1) is 0 Å². The average Bonchev–Trinajstić information content (AvgIpc) is 2.72. The average molecular weight is 394 g/mol. The van der Waals surface area contributed by atoms with E-state index in [9.17, 15) is 14.4 Å². The number of aryl methyl sites for hydroxylation is 1. The summed E-state index contributed by atoms with van der Waals surface area (Å²) in [5.74, 6) is -0.0222. The van der Waals surface area contributed by atoms with Crippen LogP contribution in [0.2, 0.25) is 0 Å². The summed E-state index contributed by atoms with van der Waals surface area (Å²) in [6.45, 7) is 5.00. The van der Waals surface area contributed by atoms with E-state index < -0.39 is 5.97 Å². The van der Waals surface area contributed by atoms with Gasteiger partial charge < -0.3 is 15.0 Å². The molecule has 0 atom stereocenters. The first-order valence-electron chi connectivity index (χ1n) is 9.82. The van der Waals surface area contributed by atoms with Crippen molar-refractivity contribution in [3.8, 4) is 0 Å². The summed E-state index contributed by atoms with van der Waals surface area (Å²) in [6.07, 6.45) is 2.10. The molecule has 0 saturated heterocycles. The Kier molecular flexibility index (Phi) is 6.32. The molecular weight excluding hydrogens is 368 g/mol. The normalized spacial score (nSPS) is 13.2. The van der Waals surface area contributed by atoms with E-state index in [1.807, 2.05) is 23.1 Å². The van der Waals surface area contributed by atoms with Crippen LogP contribution in [0.3, 0.4) is 0 Å². The number of hydrogen-bond donors (Lipinski definition) is 1. The minimum absolute atomic E-state index is 0.153. The molecule has 152 valence electrons. The van der Waals surface area contributed by atoms with Crippen LogP contribution in [0.25, 0.3) is 0 Å². The molecule has 6 heteroatoms. The maximum absolute atomic E-state index is 12.5. The maximum Gasteiger partial charge on any atom is 0.337 e. The van der Waals surface area contributed by atoms with E-state index in [1.54, 1.807) is 24.3 Å². The molecule has 1 aliphatic heterocycles. The minimum atomic E-state index is -0.441. The molecule has 0 unspecified atom stereocenters. The molecular formula is C23H26N2O4. The van der Waals surface area contributed by atoms with Gasteiger partial charge in [0.15, 0.2) is 0 Å². The summed E-state index contributed by atoms with van der Waals surface area (Å²) in [4.78, 5) is 38.2. The number of anilines is 2. The Balaban J connectivity index is 1.73. The first-order chi connectivity index (χ1) is 13.9. The number of amides is 2. The first kappa shape index (κ1) is 20.6. The highest BCUT2D eigenvalue weighted by molar-refractivity contribution is 6.05. The predicted molar refractivity (Wildman–Crippen MR) is 112 cm³/mol. The summed E-state index contributed by atoms with van der Waals surface area (Å²) >= 11 is 0. The summed E-state index contributed by atoms with van der Waals surface area (Å²) in [6, 6.07) is 12.0. The van der Waals surface area contributed by atoms with E-state index in [0.717, 1.165) is 17.7 Å².